The van der Waals surface area contributed by atoms with Crippen LogP contribution in [0, 0.1) is 0 Å². The van der Waals surface area contributed by atoms with Crippen molar-refractivity contribution in [2.45, 2.75) is 53.4 Å². The van der Waals surface area contributed by atoms with Gasteiger partial charge in [-0.05, 0) is 13.8 Å². The van der Waals surface area contributed by atoms with Gasteiger partial charge in [0, 0.05) is 0 Å². The van der Waals surface area contributed by atoms with Crippen molar-refractivity contribution in [3.8, 4) is 0 Å². The highest BCUT2D eigenvalue weighted by Crippen LogP contribution is 1.95. The van der Waals surface area contributed by atoms with Crippen molar-refractivity contribution in [2.24, 2.45) is 0 Å². The summed E-state index contributed by atoms with van der Waals surface area (Å²) in [5.74, 6) is 0.167. The second-order valence-corrected chi connectivity index (χ2v) is 2.62. The Morgan fingerprint density at radius 1 is 1.00 bits per heavy atom. The molecule has 70 valence electrons. The van der Waals surface area contributed by atoms with Gasteiger partial charge in [-0.3, -0.25) is 0 Å². The van der Waals surface area contributed by atoms with Gasteiger partial charge in [0.05, 0.1) is 0 Å². The van der Waals surface area contributed by atoms with Gasteiger partial charge in [-0.2, -0.15) is 0 Å². The molecule has 0 heterocycles. The fourth-order valence-corrected chi connectivity index (χ4v) is 0.500. The zero-order valence-corrected chi connectivity index (χ0v) is 8.24. The van der Waals surface area contributed by atoms with E-state index in [0.29, 0.717) is 0 Å². The number of carbonyl (C=O) groups is 1. The Morgan fingerprint density at radius 2 is 1.18 bits per heavy atom. The maximum absolute atomic E-state index is 9.44. The van der Waals surface area contributed by atoms with Crippen molar-refractivity contribution in [1.29, 1.82) is 0 Å². The van der Waals surface area contributed by atoms with Crippen LogP contribution in [0.3, 0.4) is 0 Å². The molecule has 11 heavy (non-hydrogen) atoms. The molecule has 0 aromatic rings. The van der Waals surface area contributed by atoms with Crippen LogP contribution in [0.5, 0.6) is 0 Å². The molecular weight excluding hydrogens is 140 g/mol. The Kier molecular flexibility index (Phi) is 25.1. The number of ketones is 1. The molecule has 2 nitrogen and oxygen atoms in total. The molecule has 0 amide bonds. The lowest BCUT2D eigenvalue weighted by Gasteiger charge is -1.86. The Bertz CT molecular complexity index is 62.0. The number of hydrogen-bond acceptors (Lipinski definition) is 1. The average molecular weight is 162 g/mol. The number of hydrogen-bond donors (Lipinski definition) is 0. The molecule has 0 aromatic heterocycles. The molecule has 0 saturated heterocycles. The van der Waals surface area contributed by atoms with E-state index >= 15 is 0 Å². The second-order valence-electron chi connectivity index (χ2n) is 2.62. The van der Waals surface area contributed by atoms with Crippen molar-refractivity contribution in [3.05, 3.63) is 0 Å². The van der Waals surface area contributed by atoms with E-state index in [9.17, 15) is 4.79 Å². The van der Waals surface area contributed by atoms with E-state index in [4.69, 9.17) is 0 Å². The molecule has 0 aromatic carbocycles. The fraction of sp³-hybridized carbons (Fsp3) is 0.889. The SMILES string of the molecule is CC(C)=O.CCCCCC.O. The van der Waals surface area contributed by atoms with Gasteiger partial charge in [0.15, 0.2) is 0 Å². The van der Waals surface area contributed by atoms with Gasteiger partial charge in [0.25, 0.3) is 0 Å². The van der Waals surface area contributed by atoms with Crippen molar-refractivity contribution in [1.82, 2.24) is 0 Å². The van der Waals surface area contributed by atoms with Gasteiger partial charge in [-0.1, -0.05) is 39.5 Å². The monoisotopic (exact) mass is 162 g/mol. The van der Waals surface area contributed by atoms with Crippen LogP contribution >= 0.6 is 0 Å². The summed E-state index contributed by atoms with van der Waals surface area (Å²) in [4.78, 5) is 9.44. The Morgan fingerprint density at radius 3 is 1.27 bits per heavy atom. The van der Waals surface area contributed by atoms with Crippen LogP contribution in [-0.2, 0) is 4.79 Å². The molecular formula is C9H22O2. The van der Waals surface area contributed by atoms with E-state index in [1.165, 1.54) is 39.5 Å². The first kappa shape index (κ1) is 16.9. The summed E-state index contributed by atoms with van der Waals surface area (Å²) < 4.78 is 0. The minimum absolute atomic E-state index is 0. The minimum atomic E-state index is 0. The van der Waals surface area contributed by atoms with Gasteiger partial charge >= 0.3 is 0 Å². The highest BCUT2D eigenvalue weighted by molar-refractivity contribution is 5.72. The third kappa shape index (κ3) is 81.1. The first-order valence-corrected chi connectivity index (χ1v) is 4.12. The topological polar surface area (TPSA) is 48.6 Å². The highest BCUT2D eigenvalue weighted by Gasteiger charge is 1.75. The normalized spacial score (nSPS) is 7.27. The number of unbranched alkanes of at least 4 members (excludes halogenated alkanes) is 3. The van der Waals surface area contributed by atoms with Crippen molar-refractivity contribution in [2.75, 3.05) is 0 Å². The predicted molar refractivity (Wildman–Crippen MR) is 49.8 cm³/mol. The summed E-state index contributed by atoms with van der Waals surface area (Å²) in [6, 6.07) is 0. The first-order chi connectivity index (χ1) is 4.65. The van der Waals surface area contributed by atoms with E-state index in [1.54, 1.807) is 0 Å². The predicted octanol–water partition coefficient (Wildman–Crippen LogP) is 2.36. The number of Topliss-reactive ketones (excluding diaryl/α,β-unsaturated/α-hetero) is 1. The first-order valence-electron chi connectivity index (χ1n) is 4.12. The van der Waals surface area contributed by atoms with Crippen molar-refractivity contribution in [3.63, 3.8) is 0 Å². The van der Waals surface area contributed by atoms with Gasteiger partial charge < -0.3 is 10.3 Å². The molecule has 0 aliphatic carbocycles. The van der Waals surface area contributed by atoms with Gasteiger partial charge in [-0.15, -0.1) is 0 Å². The zero-order chi connectivity index (χ0) is 8.41. The van der Waals surface area contributed by atoms with Crippen LogP contribution in [0.4, 0.5) is 0 Å². The highest BCUT2D eigenvalue weighted by atomic mass is 16.1. The Balaban J connectivity index is -0.000000114. The largest absolute Gasteiger partial charge is 0.412 e. The summed E-state index contributed by atoms with van der Waals surface area (Å²) >= 11 is 0. The molecule has 0 saturated carbocycles. The standard InChI is InChI=1S/C6H14.C3H6O.H2O/c1-3-5-6-4-2;1-3(2)4;/h3-6H2,1-2H3;1-2H3;1H2. The quantitative estimate of drug-likeness (QED) is 0.588. The molecule has 0 aliphatic rings. The lowest BCUT2D eigenvalue weighted by molar-refractivity contribution is -0.114. The van der Waals surface area contributed by atoms with Gasteiger partial charge in [0.1, 0.15) is 5.78 Å². The van der Waals surface area contributed by atoms with E-state index in [2.05, 4.69) is 13.8 Å². The van der Waals surface area contributed by atoms with Crippen LogP contribution in [-0.4, -0.2) is 11.3 Å². The van der Waals surface area contributed by atoms with E-state index in [0.717, 1.165) is 0 Å². The maximum atomic E-state index is 9.44. The van der Waals surface area contributed by atoms with Crippen LogP contribution in [0.1, 0.15) is 53.4 Å². The Labute approximate surface area is 70.3 Å². The van der Waals surface area contributed by atoms with Crippen LogP contribution in [0.15, 0.2) is 0 Å². The van der Waals surface area contributed by atoms with Crippen molar-refractivity contribution < 1.29 is 10.3 Å². The zero-order valence-electron chi connectivity index (χ0n) is 8.24. The summed E-state index contributed by atoms with van der Waals surface area (Å²) in [5, 5.41) is 0. The molecule has 0 rings (SSSR count). The van der Waals surface area contributed by atoms with E-state index < -0.39 is 0 Å². The summed E-state index contributed by atoms with van der Waals surface area (Å²) in [6.45, 7) is 7.52. The third-order valence-electron chi connectivity index (χ3n) is 0.957. The molecule has 0 aliphatic heterocycles. The third-order valence-corrected chi connectivity index (χ3v) is 0.957. The van der Waals surface area contributed by atoms with E-state index in [1.807, 2.05) is 0 Å². The molecule has 0 spiro atoms. The minimum Gasteiger partial charge on any atom is -0.412 e. The van der Waals surface area contributed by atoms with Crippen LogP contribution in [0.25, 0.3) is 0 Å². The lowest BCUT2D eigenvalue weighted by Crippen LogP contribution is -1.69. The smallest absolute Gasteiger partial charge is 0.126 e. The Hall–Kier alpha value is -0.370. The van der Waals surface area contributed by atoms with Gasteiger partial charge in [0.2, 0.25) is 0 Å². The summed E-state index contributed by atoms with van der Waals surface area (Å²) in [5.41, 5.74) is 0. The number of rotatable bonds is 3. The lowest BCUT2D eigenvalue weighted by atomic mass is 10.2. The molecule has 0 bridgehead atoms. The van der Waals surface area contributed by atoms with E-state index in [-0.39, 0.29) is 11.3 Å². The molecule has 0 radical (unpaired) electrons. The molecule has 2 heteroatoms. The number of carbonyl (C=O) groups excluding carboxylic acids is 1. The molecule has 0 atom stereocenters. The average Bonchev–Trinajstić information content (AvgIpc) is 1.82. The van der Waals surface area contributed by atoms with Crippen LogP contribution in [0.2, 0.25) is 0 Å². The summed E-state index contributed by atoms with van der Waals surface area (Å²) in [6.07, 6.45) is 5.54. The summed E-state index contributed by atoms with van der Waals surface area (Å²) in [7, 11) is 0. The fourth-order valence-electron chi connectivity index (χ4n) is 0.500. The van der Waals surface area contributed by atoms with Crippen molar-refractivity contribution >= 4 is 5.78 Å². The van der Waals surface area contributed by atoms with Gasteiger partial charge in [-0.25, -0.2) is 0 Å². The second kappa shape index (κ2) is 16.3. The maximum Gasteiger partial charge on any atom is 0.126 e. The molecule has 0 unspecified atom stereocenters. The van der Waals surface area contributed by atoms with Crippen LogP contribution < -0.4 is 0 Å². The molecule has 2 N–H and O–H groups in total. The molecule has 0 fully saturated rings.